The van der Waals surface area contributed by atoms with Crippen LogP contribution in [0.2, 0.25) is 0 Å². The smallest absolute Gasteiger partial charge is 0.121 e. The van der Waals surface area contributed by atoms with Gasteiger partial charge in [-0.1, -0.05) is 6.07 Å². The third-order valence-electron chi connectivity index (χ3n) is 3.65. The molecule has 0 aromatic heterocycles. The molecule has 5 N–H and O–H groups in total. The van der Waals surface area contributed by atoms with Gasteiger partial charge in [-0.3, -0.25) is 0 Å². The molecule has 1 heterocycles. The predicted octanol–water partition coefficient (Wildman–Crippen LogP) is -0.530. The summed E-state index contributed by atoms with van der Waals surface area (Å²) in [4.78, 5) is 0. The molecule has 6 heteroatoms. The summed E-state index contributed by atoms with van der Waals surface area (Å²) in [5, 5.41) is 48.4. The zero-order valence-corrected chi connectivity index (χ0v) is 11.2. The van der Waals surface area contributed by atoms with Crippen molar-refractivity contribution < 1.29 is 30.3 Å². The number of rotatable bonds is 3. The second kappa shape index (κ2) is 6.07. The van der Waals surface area contributed by atoms with E-state index in [2.05, 4.69) is 0 Å². The van der Waals surface area contributed by atoms with Crippen LogP contribution < -0.4 is 0 Å². The number of phenolic OH excluding ortho intramolecular Hbond substituents is 1. The molecule has 1 aliphatic rings. The fraction of sp³-hybridized carbons (Fsp3) is 0.571. The Kier molecular flexibility index (Phi) is 4.62. The van der Waals surface area contributed by atoms with Crippen molar-refractivity contribution in [3.63, 3.8) is 0 Å². The molecule has 6 nitrogen and oxygen atoms in total. The van der Waals surface area contributed by atoms with Crippen LogP contribution in [-0.4, -0.2) is 56.6 Å². The van der Waals surface area contributed by atoms with Crippen LogP contribution in [0.4, 0.5) is 0 Å². The van der Waals surface area contributed by atoms with Gasteiger partial charge in [0.25, 0.3) is 0 Å². The Bertz CT molecular complexity index is 463. The lowest BCUT2D eigenvalue weighted by molar-refractivity contribution is -0.219. The molecule has 1 saturated heterocycles. The van der Waals surface area contributed by atoms with Gasteiger partial charge in [0.2, 0.25) is 0 Å². The monoisotopic (exact) mass is 284 g/mol. The van der Waals surface area contributed by atoms with Crippen LogP contribution >= 0.6 is 0 Å². The summed E-state index contributed by atoms with van der Waals surface area (Å²) in [5.41, 5.74) is 1.12. The van der Waals surface area contributed by atoms with Crippen molar-refractivity contribution in [3.8, 4) is 5.75 Å². The van der Waals surface area contributed by atoms with Gasteiger partial charge in [0.15, 0.2) is 0 Å². The van der Waals surface area contributed by atoms with E-state index >= 15 is 0 Å². The Balaban J connectivity index is 2.32. The Morgan fingerprint density at radius 2 is 1.80 bits per heavy atom. The van der Waals surface area contributed by atoms with Crippen molar-refractivity contribution in [1.29, 1.82) is 0 Å². The number of benzene rings is 1. The summed E-state index contributed by atoms with van der Waals surface area (Å²) in [6, 6.07) is 4.74. The summed E-state index contributed by atoms with van der Waals surface area (Å²) in [6.45, 7) is 1.55. The van der Waals surface area contributed by atoms with E-state index in [0.717, 1.165) is 5.56 Å². The van der Waals surface area contributed by atoms with Crippen LogP contribution in [0.25, 0.3) is 0 Å². The van der Waals surface area contributed by atoms with Crippen LogP contribution in [0.15, 0.2) is 18.2 Å². The third-order valence-corrected chi connectivity index (χ3v) is 3.65. The topological polar surface area (TPSA) is 110 Å². The van der Waals surface area contributed by atoms with Crippen molar-refractivity contribution >= 4 is 0 Å². The maximum Gasteiger partial charge on any atom is 0.121 e. The molecular weight excluding hydrogens is 264 g/mol. The number of phenols is 1. The molecule has 5 unspecified atom stereocenters. The standard InChI is InChI=1S/C14H20O6/c1-7-11(17)12(18)13(19)14(20-7)9-6-8(4-5-15)2-3-10(9)16/h2-3,6-7,11-19H,4-5H2,1H3. The van der Waals surface area contributed by atoms with Gasteiger partial charge in [-0.05, 0) is 31.0 Å². The van der Waals surface area contributed by atoms with E-state index in [-0.39, 0.29) is 12.4 Å². The van der Waals surface area contributed by atoms with E-state index in [1.807, 2.05) is 0 Å². The van der Waals surface area contributed by atoms with Gasteiger partial charge >= 0.3 is 0 Å². The quantitative estimate of drug-likeness (QED) is 0.510. The first-order valence-corrected chi connectivity index (χ1v) is 6.58. The number of aliphatic hydroxyl groups excluding tert-OH is 4. The zero-order valence-electron chi connectivity index (χ0n) is 11.2. The van der Waals surface area contributed by atoms with Gasteiger partial charge in [-0.2, -0.15) is 0 Å². The number of aromatic hydroxyl groups is 1. The van der Waals surface area contributed by atoms with Gasteiger partial charge < -0.3 is 30.3 Å². The molecule has 20 heavy (non-hydrogen) atoms. The molecule has 0 amide bonds. The molecular formula is C14H20O6. The lowest BCUT2D eigenvalue weighted by Crippen LogP contribution is -2.53. The average molecular weight is 284 g/mol. The zero-order chi connectivity index (χ0) is 14.9. The molecule has 1 aromatic rings. The minimum Gasteiger partial charge on any atom is -0.508 e. The fourth-order valence-electron chi connectivity index (χ4n) is 2.42. The lowest BCUT2D eigenvalue weighted by atomic mass is 9.90. The molecule has 1 fully saturated rings. The van der Waals surface area contributed by atoms with Crippen molar-refractivity contribution in [1.82, 2.24) is 0 Å². The first-order chi connectivity index (χ1) is 9.45. The molecule has 0 radical (unpaired) electrons. The lowest BCUT2D eigenvalue weighted by Gasteiger charge is -2.39. The second-order valence-corrected chi connectivity index (χ2v) is 5.10. The van der Waals surface area contributed by atoms with Crippen LogP contribution in [-0.2, 0) is 11.2 Å². The highest BCUT2D eigenvalue weighted by atomic mass is 16.5. The van der Waals surface area contributed by atoms with Crippen LogP contribution in [0.3, 0.4) is 0 Å². The average Bonchev–Trinajstić information content (AvgIpc) is 2.43. The number of aliphatic hydroxyl groups is 4. The van der Waals surface area contributed by atoms with Gasteiger partial charge in [-0.15, -0.1) is 0 Å². The third kappa shape index (κ3) is 2.79. The molecule has 1 aromatic carbocycles. The molecule has 1 aliphatic heterocycles. The number of ether oxygens (including phenoxy) is 1. The van der Waals surface area contributed by atoms with Gasteiger partial charge in [-0.25, -0.2) is 0 Å². The predicted molar refractivity (Wildman–Crippen MR) is 70.2 cm³/mol. The summed E-state index contributed by atoms with van der Waals surface area (Å²) in [7, 11) is 0. The normalized spacial score (nSPS) is 34.1. The highest BCUT2D eigenvalue weighted by Crippen LogP contribution is 2.36. The molecule has 2 rings (SSSR count). The van der Waals surface area contributed by atoms with Crippen molar-refractivity contribution in [2.24, 2.45) is 0 Å². The molecule has 0 saturated carbocycles. The van der Waals surface area contributed by atoms with Gasteiger partial charge in [0.05, 0.1) is 6.10 Å². The minimum atomic E-state index is -1.34. The maximum absolute atomic E-state index is 10.0. The second-order valence-electron chi connectivity index (χ2n) is 5.10. The first-order valence-electron chi connectivity index (χ1n) is 6.58. The van der Waals surface area contributed by atoms with E-state index < -0.39 is 30.5 Å². The maximum atomic E-state index is 10.0. The Morgan fingerprint density at radius 3 is 2.45 bits per heavy atom. The first kappa shape index (κ1) is 15.2. The molecule has 5 atom stereocenters. The SMILES string of the molecule is CC1OC(c2cc(CCO)ccc2O)C(O)C(O)C1O. The Hall–Kier alpha value is -1.18. The Labute approximate surface area is 116 Å². The van der Waals surface area contributed by atoms with Crippen molar-refractivity contribution in [2.75, 3.05) is 6.61 Å². The van der Waals surface area contributed by atoms with Crippen LogP contribution in [0.1, 0.15) is 24.2 Å². The summed E-state index contributed by atoms with van der Waals surface area (Å²) in [5.74, 6) is -0.0634. The summed E-state index contributed by atoms with van der Waals surface area (Å²) < 4.78 is 5.50. The molecule has 0 aliphatic carbocycles. The number of hydrogen-bond donors (Lipinski definition) is 5. The summed E-state index contributed by atoms with van der Waals surface area (Å²) >= 11 is 0. The van der Waals surface area contributed by atoms with Crippen molar-refractivity contribution in [2.45, 2.75) is 43.9 Å². The summed E-state index contributed by atoms with van der Waals surface area (Å²) in [6.07, 6.45) is -5.04. The highest BCUT2D eigenvalue weighted by molar-refractivity contribution is 5.39. The molecule has 112 valence electrons. The van der Waals surface area contributed by atoms with Gasteiger partial charge in [0.1, 0.15) is 30.2 Å². The van der Waals surface area contributed by atoms with Crippen molar-refractivity contribution in [3.05, 3.63) is 29.3 Å². The number of hydrogen-bond acceptors (Lipinski definition) is 6. The van der Waals surface area contributed by atoms with Gasteiger partial charge in [0, 0.05) is 12.2 Å². The minimum absolute atomic E-state index is 0.0317. The molecule has 0 spiro atoms. The highest BCUT2D eigenvalue weighted by Gasteiger charge is 2.43. The van der Waals surface area contributed by atoms with E-state index in [1.165, 1.54) is 6.07 Å². The van der Waals surface area contributed by atoms with E-state index in [0.29, 0.717) is 12.0 Å². The largest absolute Gasteiger partial charge is 0.508 e. The van der Waals surface area contributed by atoms with E-state index in [4.69, 9.17) is 9.84 Å². The van der Waals surface area contributed by atoms with E-state index in [9.17, 15) is 20.4 Å². The van der Waals surface area contributed by atoms with Crippen LogP contribution in [0, 0.1) is 0 Å². The Morgan fingerprint density at radius 1 is 1.10 bits per heavy atom. The fourth-order valence-corrected chi connectivity index (χ4v) is 2.42. The van der Waals surface area contributed by atoms with Crippen LogP contribution in [0.5, 0.6) is 5.75 Å². The molecule has 0 bridgehead atoms. The van der Waals surface area contributed by atoms with E-state index in [1.54, 1.807) is 19.1 Å².